The molecule has 91 valence electrons. The Bertz CT molecular complexity index is 810. The van der Waals surface area contributed by atoms with Gasteiger partial charge in [0.15, 0.2) is 0 Å². The minimum atomic E-state index is -0.798. The van der Waals surface area contributed by atoms with Crippen molar-refractivity contribution in [2.75, 3.05) is 0 Å². The Hall–Kier alpha value is -3.14. The van der Waals surface area contributed by atoms with E-state index in [1.165, 1.54) is 18.3 Å². The van der Waals surface area contributed by atoms with Crippen LogP contribution in [0.4, 0.5) is 4.79 Å². The van der Waals surface area contributed by atoms with Crippen molar-refractivity contribution in [3.63, 3.8) is 0 Å². The zero-order valence-corrected chi connectivity index (χ0v) is 9.47. The Morgan fingerprint density at radius 2 is 2.32 bits per heavy atom. The highest BCUT2D eigenvalue weighted by molar-refractivity contribution is 6.16. The van der Waals surface area contributed by atoms with Gasteiger partial charge < -0.3 is 5.73 Å². The Morgan fingerprint density at radius 1 is 1.53 bits per heavy atom. The summed E-state index contributed by atoms with van der Waals surface area (Å²) in [6.07, 6.45) is 1.33. The summed E-state index contributed by atoms with van der Waals surface area (Å²) in [4.78, 5) is 23.3. The van der Waals surface area contributed by atoms with Gasteiger partial charge in [0.2, 0.25) is 0 Å². The predicted octanol–water partition coefficient (Wildman–Crippen LogP) is 0.317. The number of hydrogen-bond acceptors (Lipinski definition) is 4. The van der Waals surface area contributed by atoms with Crippen LogP contribution in [0, 0.1) is 17.4 Å². The van der Waals surface area contributed by atoms with Crippen LogP contribution < -0.4 is 11.2 Å². The number of nitrogens with one attached hydrogen (secondary N) is 1. The second-order valence-corrected chi connectivity index (χ2v) is 3.88. The number of nitriles is 1. The number of hydrogen-bond donors (Lipinski definition) is 2. The molecule has 3 rings (SSSR count). The van der Waals surface area contributed by atoms with Gasteiger partial charge in [-0.2, -0.15) is 10.4 Å². The molecular weight excluding hydrogens is 246 g/mol. The van der Waals surface area contributed by atoms with Crippen LogP contribution in [-0.2, 0) is 0 Å². The molecule has 2 aromatic rings. The summed E-state index contributed by atoms with van der Waals surface area (Å²) in [6, 6.07) is 6.84. The second kappa shape index (κ2) is 3.68. The molecule has 0 saturated heterocycles. The van der Waals surface area contributed by atoms with Crippen LogP contribution in [0.15, 0.2) is 17.2 Å². The normalized spacial score (nSPS) is 12.9. The first-order valence-electron chi connectivity index (χ1n) is 5.27. The van der Waals surface area contributed by atoms with Crippen molar-refractivity contribution in [1.82, 2.24) is 9.99 Å². The van der Waals surface area contributed by atoms with Gasteiger partial charge in [-0.15, -0.1) is 0 Å². The fraction of sp³-hybridized carbons (Fsp3) is 0. The number of benzene rings is 1. The van der Waals surface area contributed by atoms with E-state index in [0.717, 1.165) is 4.57 Å². The van der Waals surface area contributed by atoms with E-state index < -0.39 is 11.9 Å². The Kier molecular flexibility index (Phi) is 2.13. The smallest absolute Gasteiger partial charge is 0.324 e. The molecule has 3 N–H and O–H groups in total. The molecule has 1 aromatic heterocycles. The van der Waals surface area contributed by atoms with Crippen molar-refractivity contribution in [2.24, 2.45) is 10.8 Å². The van der Waals surface area contributed by atoms with Crippen LogP contribution >= 0.6 is 0 Å². The standard InChI is InChI=1S/C12H6N5O2/c13-4-9-7-5-15-16-11(18)6-2-1-3-8(10(6)7)17(9)12(14)19/h2-3,5H,(H2,14,19)(H,16,18). The van der Waals surface area contributed by atoms with E-state index in [0.29, 0.717) is 22.0 Å². The molecule has 0 spiro atoms. The first-order chi connectivity index (χ1) is 9.15. The van der Waals surface area contributed by atoms with Gasteiger partial charge in [-0.05, 0) is 18.2 Å². The maximum absolute atomic E-state index is 11.8. The van der Waals surface area contributed by atoms with Crippen LogP contribution in [-0.4, -0.2) is 22.7 Å². The molecule has 7 nitrogen and oxygen atoms in total. The monoisotopic (exact) mass is 252 g/mol. The fourth-order valence-corrected chi connectivity index (χ4v) is 2.16. The molecule has 1 aliphatic rings. The molecular formula is C12H6N5O2. The summed E-state index contributed by atoms with van der Waals surface area (Å²) >= 11 is 0. The van der Waals surface area contributed by atoms with Crippen molar-refractivity contribution in [1.29, 1.82) is 5.26 Å². The van der Waals surface area contributed by atoms with E-state index in [1.807, 2.05) is 6.07 Å². The molecule has 0 saturated carbocycles. The highest BCUT2D eigenvalue weighted by Gasteiger charge is 2.24. The summed E-state index contributed by atoms with van der Waals surface area (Å²) in [7, 11) is 0. The highest BCUT2D eigenvalue weighted by atomic mass is 16.2. The summed E-state index contributed by atoms with van der Waals surface area (Å²) in [5.41, 5.74) is 8.68. The molecule has 1 aromatic carbocycles. The maximum atomic E-state index is 11.8. The summed E-state index contributed by atoms with van der Waals surface area (Å²) in [5.74, 6) is -0.428. The van der Waals surface area contributed by atoms with Gasteiger partial charge in [-0.3, -0.25) is 9.36 Å². The molecule has 0 bridgehead atoms. The largest absolute Gasteiger partial charge is 0.351 e. The molecule has 0 fully saturated rings. The molecule has 1 radical (unpaired) electrons. The van der Waals surface area contributed by atoms with Crippen molar-refractivity contribution in [3.8, 4) is 6.07 Å². The van der Waals surface area contributed by atoms with Gasteiger partial charge in [0.1, 0.15) is 11.8 Å². The molecule has 1 aliphatic heterocycles. The number of hydrazone groups is 1. The quantitative estimate of drug-likeness (QED) is 0.703. The number of amides is 2. The number of aromatic nitrogens is 1. The average Bonchev–Trinajstić information content (AvgIpc) is 2.62. The first kappa shape index (κ1) is 11.0. The van der Waals surface area contributed by atoms with Crippen LogP contribution in [0.1, 0.15) is 21.6 Å². The van der Waals surface area contributed by atoms with Gasteiger partial charge in [-0.25, -0.2) is 10.2 Å². The third-order valence-electron chi connectivity index (χ3n) is 2.89. The summed E-state index contributed by atoms with van der Waals surface area (Å²) in [5, 5.41) is 13.4. The lowest BCUT2D eigenvalue weighted by Crippen LogP contribution is -2.21. The number of rotatable bonds is 0. The number of primary amides is 1. The number of nitrogens with zero attached hydrogens (tertiary/aromatic N) is 3. The first-order valence-corrected chi connectivity index (χ1v) is 5.27. The van der Waals surface area contributed by atoms with E-state index in [4.69, 9.17) is 5.73 Å². The Morgan fingerprint density at radius 3 is 3.00 bits per heavy atom. The van der Waals surface area contributed by atoms with E-state index in [9.17, 15) is 14.9 Å². The summed E-state index contributed by atoms with van der Waals surface area (Å²) < 4.78 is 1.05. The molecule has 2 heterocycles. The fourth-order valence-electron chi connectivity index (χ4n) is 2.16. The van der Waals surface area contributed by atoms with E-state index >= 15 is 0 Å². The Balaban J connectivity index is 2.60. The van der Waals surface area contributed by atoms with Gasteiger partial charge in [0.05, 0.1) is 17.3 Å². The SMILES string of the molecule is N#Cc1c2c3c(c[c]cc3n1C(N)=O)C(=O)NN=C2. The highest BCUT2D eigenvalue weighted by Crippen LogP contribution is 2.28. The molecule has 7 heteroatoms. The lowest BCUT2D eigenvalue weighted by molar-refractivity contribution is 0.0957. The second-order valence-electron chi connectivity index (χ2n) is 3.88. The molecule has 0 unspecified atom stereocenters. The zero-order chi connectivity index (χ0) is 13.6. The number of nitrogens with two attached hydrogens (primary N) is 1. The molecule has 0 aliphatic carbocycles. The van der Waals surface area contributed by atoms with Crippen molar-refractivity contribution in [3.05, 3.63) is 35.0 Å². The van der Waals surface area contributed by atoms with Crippen molar-refractivity contribution >= 4 is 29.1 Å². The van der Waals surface area contributed by atoms with Gasteiger partial charge >= 0.3 is 6.03 Å². The third kappa shape index (κ3) is 1.34. The lowest BCUT2D eigenvalue weighted by atomic mass is 10.1. The molecule has 19 heavy (non-hydrogen) atoms. The summed E-state index contributed by atoms with van der Waals surface area (Å²) in [6.45, 7) is 0. The predicted molar refractivity (Wildman–Crippen MR) is 65.5 cm³/mol. The van der Waals surface area contributed by atoms with Crippen molar-refractivity contribution < 1.29 is 9.59 Å². The minimum Gasteiger partial charge on any atom is -0.351 e. The maximum Gasteiger partial charge on any atom is 0.324 e. The van der Waals surface area contributed by atoms with Crippen LogP contribution in [0.2, 0.25) is 0 Å². The van der Waals surface area contributed by atoms with Crippen LogP contribution in [0.25, 0.3) is 10.9 Å². The van der Waals surface area contributed by atoms with Crippen LogP contribution in [0.3, 0.4) is 0 Å². The Labute approximate surface area is 106 Å². The lowest BCUT2D eigenvalue weighted by Gasteiger charge is -2.02. The van der Waals surface area contributed by atoms with E-state index in [2.05, 4.69) is 16.6 Å². The van der Waals surface area contributed by atoms with Gasteiger partial charge in [0, 0.05) is 10.9 Å². The third-order valence-corrected chi connectivity index (χ3v) is 2.89. The number of carbonyl (C=O) groups excluding carboxylic acids is 2. The zero-order valence-electron chi connectivity index (χ0n) is 9.47. The van der Waals surface area contributed by atoms with Crippen LogP contribution in [0.5, 0.6) is 0 Å². The van der Waals surface area contributed by atoms with Crippen molar-refractivity contribution in [2.45, 2.75) is 0 Å². The number of carbonyl (C=O) groups is 2. The molecule has 0 atom stereocenters. The average molecular weight is 252 g/mol. The van der Waals surface area contributed by atoms with E-state index in [1.54, 1.807) is 0 Å². The topological polar surface area (TPSA) is 113 Å². The van der Waals surface area contributed by atoms with Gasteiger partial charge in [0.25, 0.3) is 5.91 Å². The van der Waals surface area contributed by atoms with Gasteiger partial charge in [-0.1, -0.05) is 0 Å². The van der Waals surface area contributed by atoms with E-state index in [-0.39, 0.29) is 5.69 Å². The molecule has 2 amide bonds. The minimum absolute atomic E-state index is 0.0450.